The maximum Gasteiger partial charge on any atom is 0.259 e. The number of aromatic nitrogens is 2. The molecule has 5 rings (SSSR count). The van der Waals surface area contributed by atoms with Gasteiger partial charge < -0.3 is 9.40 Å². The van der Waals surface area contributed by atoms with E-state index in [1.165, 1.54) is 15.3 Å². The summed E-state index contributed by atoms with van der Waals surface area (Å²) in [4.78, 5) is 26.3. The third kappa shape index (κ3) is 3.38. The quantitative estimate of drug-likeness (QED) is 0.526. The van der Waals surface area contributed by atoms with Gasteiger partial charge in [0, 0.05) is 16.3 Å². The van der Waals surface area contributed by atoms with Crippen LogP contribution in [-0.4, -0.2) is 14.9 Å². The number of hydrogen-bond donors (Lipinski definition) is 1. The third-order valence-electron chi connectivity index (χ3n) is 4.92. The topological polar surface area (TPSA) is 62.1 Å². The Bertz CT molecular complexity index is 1070. The third-order valence-corrected chi connectivity index (χ3v) is 6.96. The molecular formula is C20H19N3O2S2. The fraction of sp³-hybridized carbons (Fsp3) is 0.300. The summed E-state index contributed by atoms with van der Waals surface area (Å²) in [5, 5.41) is 2.90. The summed E-state index contributed by atoms with van der Waals surface area (Å²) in [7, 11) is 0. The molecule has 1 aliphatic carbocycles. The zero-order chi connectivity index (χ0) is 18.2. The lowest BCUT2D eigenvalue weighted by Gasteiger charge is -2.20. The largest absolute Gasteiger partial charge is 0.468 e. The van der Waals surface area contributed by atoms with Gasteiger partial charge in [0.25, 0.3) is 5.56 Å². The van der Waals surface area contributed by atoms with Crippen molar-refractivity contribution in [3.63, 3.8) is 0 Å². The van der Waals surface area contributed by atoms with Crippen LogP contribution in [0.5, 0.6) is 0 Å². The first kappa shape index (κ1) is 16.9. The van der Waals surface area contributed by atoms with Crippen LogP contribution in [0.15, 0.2) is 45.1 Å². The highest BCUT2D eigenvalue weighted by Gasteiger charge is 2.21. The Kier molecular flexibility index (Phi) is 4.43. The lowest BCUT2D eigenvalue weighted by atomic mass is 10.2. The van der Waals surface area contributed by atoms with E-state index in [1.807, 2.05) is 12.1 Å². The summed E-state index contributed by atoms with van der Waals surface area (Å²) in [6.45, 7) is 2.04. The van der Waals surface area contributed by atoms with Gasteiger partial charge in [0.15, 0.2) is 0 Å². The van der Waals surface area contributed by atoms with Gasteiger partial charge in [-0.25, -0.2) is 4.98 Å². The molecule has 0 bridgehead atoms. The maximum atomic E-state index is 12.7. The molecule has 138 valence electrons. The van der Waals surface area contributed by atoms with Gasteiger partial charge in [0.2, 0.25) is 0 Å². The number of thiophene rings is 2. The van der Waals surface area contributed by atoms with Crippen LogP contribution < -0.4 is 5.56 Å². The highest BCUT2D eigenvalue weighted by molar-refractivity contribution is 7.18. The van der Waals surface area contributed by atoms with Crippen LogP contribution >= 0.6 is 22.7 Å². The number of nitrogens with one attached hydrogen (secondary N) is 1. The zero-order valence-corrected chi connectivity index (χ0v) is 16.4. The summed E-state index contributed by atoms with van der Waals surface area (Å²) in [6, 6.07) is 8.07. The smallest absolute Gasteiger partial charge is 0.259 e. The monoisotopic (exact) mass is 397 g/mol. The van der Waals surface area contributed by atoms with Gasteiger partial charge >= 0.3 is 0 Å². The molecule has 0 fully saturated rings. The first-order valence-corrected chi connectivity index (χ1v) is 10.8. The van der Waals surface area contributed by atoms with Crippen molar-refractivity contribution in [3.8, 4) is 0 Å². The minimum atomic E-state index is 0.00322. The molecule has 0 aliphatic heterocycles. The Morgan fingerprint density at radius 1 is 1.19 bits per heavy atom. The normalized spacial score (nSPS) is 13.7. The molecule has 4 aromatic rings. The molecule has 1 aliphatic rings. The van der Waals surface area contributed by atoms with Gasteiger partial charge in [-0.05, 0) is 48.4 Å². The predicted octanol–water partition coefficient (Wildman–Crippen LogP) is 4.33. The van der Waals surface area contributed by atoms with E-state index in [1.54, 1.807) is 28.9 Å². The second-order valence-corrected chi connectivity index (χ2v) is 8.97. The van der Waals surface area contributed by atoms with E-state index in [9.17, 15) is 4.79 Å². The molecule has 0 spiro atoms. The number of nitrogens with zero attached hydrogens (tertiary/aromatic N) is 2. The van der Waals surface area contributed by atoms with Crippen molar-refractivity contribution in [3.05, 3.63) is 73.2 Å². The molecule has 1 N–H and O–H groups in total. The van der Waals surface area contributed by atoms with Crippen LogP contribution in [0.25, 0.3) is 10.2 Å². The molecule has 0 radical (unpaired) electrons. The molecular weight excluding hydrogens is 378 g/mol. The molecule has 0 unspecified atom stereocenters. The van der Waals surface area contributed by atoms with E-state index in [4.69, 9.17) is 9.40 Å². The van der Waals surface area contributed by atoms with Crippen LogP contribution in [0.4, 0.5) is 0 Å². The van der Waals surface area contributed by atoms with Crippen LogP contribution in [0.1, 0.15) is 33.3 Å². The lowest BCUT2D eigenvalue weighted by Crippen LogP contribution is -2.24. The minimum Gasteiger partial charge on any atom is -0.468 e. The highest BCUT2D eigenvalue weighted by atomic mass is 32.1. The Labute approximate surface area is 164 Å². The average molecular weight is 398 g/mol. The van der Waals surface area contributed by atoms with Crippen molar-refractivity contribution >= 4 is 32.9 Å². The molecule has 0 saturated heterocycles. The number of furan rings is 1. The minimum absolute atomic E-state index is 0.00322. The number of aromatic amines is 1. The number of hydrogen-bond acceptors (Lipinski definition) is 6. The van der Waals surface area contributed by atoms with Crippen LogP contribution in [0.3, 0.4) is 0 Å². The van der Waals surface area contributed by atoms with Crippen molar-refractivity contribution in [2.24, 2.45) is 0 Å². The second kappa shape index (κ2) is 7.07. The molecule has 4 heterocycles. The summed E-state index contributed by atoms with van der Waals surface area (Å²) >= 11 is 3.42. The molecule has 27 heavy (non-hydrogen) atoms. The summed E-state index contributed by atoms with van der Waals surface area (Å²) in [5.41, 5.74) is 1.23. The Morgan fingerprint density at radius 3 is 2.96 bits per heavy atom. The average Bonchev–Trinajstić information content (AvgIpc) is 3.39. The molecule has 0 atom stereocenters. The van der Waals surface area contributed by atoms with E-state index in [2.05, 4.69) is 27.4 Å². The van der Waals surface area contributed by atoms with E-state index < -0.39 is 0 Å². The number of rotatable bonds is 6. The van der Waals surface area contributed by atoms with Crippen molar-refractivity contribution < 1.29 is 4.42 Å². The maximum absolute atomic E-state index is 12.7. The van der Waals surface area contributed by atoms with Crippen LogP contribution in [-0.2, 0) is 32.5 Å². The standard InChI is InChI=1S/C20H19N3O2S2/c24-19-18-15-6-1-7-16(15)27-20(18)22-17(21-19)12-23(10-13-4-2-8-25-13)11-14-5-3-9-26-14/h2-5,8-9H,1,6-7,10-12H2,(H,21,22,24). The van der Waals surface area contributed by atoms with Crippen molar-refractivity contribution in [2.75, 3.05) is 0 Å². The summed E-state index contributed by atoms with van der Waals surface area (Å²) < 4.78 is 5.53. The summed E-state index contributed by atoms with van der Waals surface area (Å²) in [6.07, 6.45) is 4.92. The first-order valence-electron chi connectivity index (χ1n) is 9.07. The number of fused-ring (bicyclic) bond motifs is 3. The van der Waals surface area contributed by atoms with E-state index in [0.29, 0.717) is 13.1 Å². The SMILES string of the molecule is O=c1[nH]c(CN(Cc2ccco2)Cc2cccs2)nc2sc3c(c12)CCC3. The van der Waals surface area contributed by atoms with Gasteiger partial charge in [-0.3, -0.25) is 9.69 Å². The predicted molar refractivity (Wildman–Crippen MR) is 108 cm³/mol. The van der Waals surface area contributed by atoms with Crippen LogP contribution in [0.2, 0.25) is 0 Å². The van der Waals surface area contributed by atoms with E-state index in [0.717, 1.165) is 47.6 Å². The second-order valence-electron chi connectivity index (χ2n) is 6.85. The van der Waals surface area contributed by atoms with Gasteiger partial charge in [-0.15, -0.1) is 22.7 Å². The fourth-order valence-electron chi connectivity index (χ4n) is 3.75. The molecule has 0 aromatic carbocycles. The lowest BCUT2D eigenvalue weighted by molar-refractivity contribution is 0.223. The van der Waals surface area contributed by atoms with Crippen molar-refractivity contribution in [2.45, 2.75) is 38.9 Å². The van der Waals surface area contributed by atoms with Gasteiger partial charge in [-0.2, -0.15) is 0 Å². The number of aryl methyl sites for hydroxylation is 2. The molecule has 7 heteroatoms. The Balaban J connectivity index is 1.45. The van der Waals surface area contributed by atoms with E-state index >= 15 is 0 Å². The van der Waals surface area contributed by atoms with Crippen LogP contribution in [0, 0.1) is 0 Å². The highest BCUT2D eigenvalue weighted by Crippen LogP contribution is 2.34. The molecule has 5 nitrogen and oxygen atoms in total. The zero-order valence-electron chi connectivity index (χ0n) is 14.7. The van der Waals surface area contributed by atoms with Gasteiger partial charge in [0.1, 0.15) is 16.4 Å². The van der Waals surface area contributed by atoms with E-state index in [-0.39, 0.29) is 5.56 Å². The van der Waals surface area contributed by atoms with Gasteiger partial charge in [0.05, 0.1) is 24.7 Å². The molecule has 0 amide bonds. The molecule has 4 aromatic heterocycles. The fourth-order valence-corrected chi connectivity index (χ4v) is 5.77. The van der Waals surface area contributed by atoms with Crippen molar-refractivity contribution in [1.82, 2.24) is 14.9 Å². The number of H-pyrrole nitrogens is 1. The molecule has 0 saturated carbocycles. The Hall–Kier alpha value is -2.22. The van der Waals surface area contributed by atoms with Crippen molar-refractivity contribution in [1.29, 1.82) is 0 Å². The first-order chi connectivity index (χ1) is 13.3. The summed E-state index contributed by atoms with van der Waals surface area (Å²) in [5.74, 6) is 1.63. The van der Waals surface area contributed by atoms with Gasteiger partial charge in [-0.1, -0.05) is 6.07 Å². The Morgan fingerprint density at radius 2 is 2.15 bits per heavy atom.